The fraction of sp³-hybridized carbons (Fsp3) is 0.500. The fourth-order valence-corrected chi connectivity index (χ4v) is 3.38. The number of nitrogens with one attached hydrogen (secondary N) is 1. The highest BCUT2D eigenvalue weighted by atomic mass is 16.6. The second kappa shape index (κ2) is 5.15. The van der Waals surface area contributed by atoms with Crippen molar-refractivity contribution in [3.05, 3.63) is 29.8 Å². The predicted molar refractivity (Wildman–Crippen MR) is 78.4 cm³/mol. The molecule has 5 atom stereocenters. The molecule has 1 saturated heterocycles. The average Bonchev–Trinajstić information content (AvgIpc) is 3.20. The van der Waals surface area contributed by atoms with E-state index in [2.05, 4.69) is 5.32 Å². The van der Waals surface area contributed by atoms with Gasteiger partial charge in [-0.3, -0.25) is 9.59 Å². The molecule has 3 N–H and O–H groups in total. The molecular formula is C16H20N2O3. The maximum Gasteiger partial charge on any atom is 0.228 e. The summed E-state index contributed by atoms with van der Waals surface area (Å²) in [5, 5.41) is 2.88. The highest BCUT2D eigenvalue weighted by Crippen LogP contribution is 2.46. The molecule has 1 aliphatic carbocycles. The van der Waals surface area contributed by atoms with Crippen LogP contribution in [-0.4, -0.2) is 24.0 Å². The Kier molecular flexibility index (Phi) is 3.45. The first kappa shape index (κ1) is 14.1. The maximum absolute atomic E-state index is 12.5. The van der Waals surface area contributed by atoms with E-state index in [0.717, 1.165) is 11.3 Å². The van der Waals surface area contributed by atoms with Gasteiger partial charge in [-0.15, -0.1) is 0 Å². The first-order valence-electron chi connectivity index (χ1n) is 7.29. The Morgan fingerprint density at radius 2 is 1.95 bits per heavy atom. The number of primary amides is 1. The third-order valence-corrected chi connectivity index (χ3v) is 4.61. The third-order valence-electron chi connectivity index (χ3n) is 4.61. The lowest BCUT2D eigenvalue weighted by molar-refractivity contribution is -0.133. The summed E-state index contributed by atoms with van der Waals surface area (Å²) < 4.78 is 5.53. The molecule has 1 aliphatic heterocycles. The zero-order valence-electron chi connectivity index (χ0n) is 12.2. The van der Waals surface area contributed by atoms with Gasteiger partial charge in [0.05, 0.1) is 24.0 Å². The standard InChI is InChI=1S/C16H20N2O3/c1-8-3-5-10(6-4-8)18-16(20)11-7-12-14(21-12)9(2)13(11)15(17)19/h3-6,9,11-14H,7H2,1-2H3,(H2,17,19)(H,18,20). The van der Waals surface area contributed by atoms with Gasteiger partial charge in [-0.2, -0.15) is 0 Å². The van der Waals surface area contributed by atoms with E-state index >= 15 is 0 Å². The van der Waals surface area contributed by atoms with Crippen molar-refractivity contribution in [1.29, 1.82) is 0 Å². The van der Waals surface area contributed by atoms with E-state index in [4.69, 9.17) is 10.5 Å². The Hall–Kier alpha value is -1.88. The average molecular weight is 288 g/mol. The van der Waals surface area contributed by atoms with E-state index < -0.39 is 17.7 Å². The molecule has 5 unspecified atom stereocenters. The SMILES string of the molecule is Cc1ccc(NC(=O)C2CC3OC3C(C)C2C(N)=O)cc1. The second-order valence-corrected chi connectivity index (χ2v) is 6.12. The number of benzene rings is 1. The van der Waals surface area contributed by atoms with Crippen molar-refractivity contribution in [2.24, 2.45) is 23.5 Å². The molecule has 2 amide bonds. The van der Waals surface area contributed by atoms with Crippen molar-refractivity contribution >= 4 is 17.5 Å². The van der Waals surface area contributed by atoms with Crippen LogP contribution in [0.15, 0.2) is 24.3 Å². The Labute approximate surface area is 123 Å². The van der Waals surface area contributed by atoms with E-state index in [1.54, 1.807) is 0 Å². The number of hydrogen-bond donors (Lipinski definition) is 2. The van der Waals surface area contributed by atoms with Crippen LogP contribution in [0.1, 0.15) is 18.9 Å². The van der Waals surface area contributed by atoms with Gasteiger partial charge in [-0.05, 0) is 31.4 Å². The smallest absolute Gasteiger partial charge is 0.228 e. The number of hydrogen-bond acceptors (Lipinski definition) is 3. The summed E-state index contributed by atoms with van der Waals surface area (Å²) in [5.41, 5.74) is 7.37. The minimum absolute atomic E-state index is 0.00461. The molecule has 1 saturated carbocycles. The van der Waals surface area contributed by atoms with Gasteiger partial charge < -0.3 is 15.8 Å². The first-order valence-corrected chi connectivity index (χ1v) is 7.29. The van der Waals surface area contributed by atoms with Crippen LogP contribution in [0.4, 0.5) is 5.69 Å². The zero-order chi connectivity index (χ0) is 15.1. The van der Waals surface area contributed by atoms with Gasteiger partial charge in [0, 0.05) is 5.69 Å². The molecule has 5 heteroatoms. The molecule has 0 aromatic heterocycles. The lowest BCUT2D eigenvalue weighted by Gasteiger charge is -2.30. The predicted octanol–water partition coefficient (Wildman–Crippen LogP) is 1.46. The lowest BCUT2D eigenvalue weighted by Crippen LogP contribution is -2.45. The number of anilines is 1. The van der Waals surface area contributed by atoms with E-state index in [1.165, 1.54) is 0 Å². The Morgan fingerprint density at radius 1 is 1.29 bits per heavy atom. The molecule has 0 spiro atoms. The molecule has 5 nitrogen and oxygen atoms in total. The van der Waals surface area contributed by atoms with Crippen molar-refractivity contribution in [1.82, 2.24) is 0 Å². The van der Waals surface area contributed by atoms with Gasteiger partial charge in [0.1, 0.15) is 0 Å². The van der Waals surface area contributed by atoms with Gasteiger partial charge in [-0.25, -0.2) is 0 Å². The quantitative estimate of drug-likeness (QED) is 0.826. The van der Waals surface area contributed by atoms with Gasteiger partial charge >= 0.3 is 0 Å². The van der Waals surface area contributed by atoms with Crippen LogP contribution < -0.4 is 11.1 Å². The Bertz CT molecular complexity index is 569. The van der Waals surface area contributed by atoms with Crippen LogP contribution in [0.3, 0.4) is 0 Å². The molecule has 3 rings (SSSR count). The number of aryl methyl sites for hydroxylation is 1. The van der Waals surface area contributed by atoms with E-state index in [9.17, 15) is 9.59 Å². The van der Waals surface area contributed by atoms with Crippen LogP contribution in [-0.2, 0) is 14.3 Å². The largest absolute Gasteiger partial charge is 0.369 e. The molecule has 1 aromatic carbocycles. The molecule has 21 heavy (non-hydrogen) atoms. The summed E-state index contributed by atoms with van der Waals surface area (Å²) in [6.07, 6.45) is 0.760. The number of amides is 2. The third kappa shape index (κ3) is 2.65. The molecule has 0 bridgehead atoms. The number of carbonyl (C=O) groups excluding carboxylic acids is 2. The second-order valence-electron chi connectivity index (χ2n) is 6.12. The van der Waals surface area contributed by atoms with Crippen molar-refractivity contribution < 1.29 is 14.3 Å². The number of epoxide rings is 1. The first-order chi connectivity index (χ1) is 9.97. The van der Waals surface area contributed by atoms with E-state index in [0.29, 0.717) is 6.42 Å². The van der Waals surface area contributed by atoms with Gasteiger partial charge in [0.25, 0.3) is 0 Å². The van der Waals surface area contributed by atoms with E-state index in [1.807, 2.05) is 38.1 Å². The molecule has 112 valence electrons. The summed E-state index contributed by atoms with van der Waals surface area (Å²) in [4.78, 5) is 24.2. The van der Waals surface area contributed by atoms with Crippen LogP contribution in [0.2, 0.25) is 0 Å². The fourth-order valence-electron chi connectivity index (χ4n) is 3.38. The molecule has 0 radical (unpaired) electrons. The van der Waals surface area contributed by atoms with Crippen molar-refractivity contribution in [2.45, 2.75) is 32.5 Å². The minimum Gasteiger partial charge on any atom is -0.369 e. The molecule has 1 aromatic rings. The van der Waals surface area contributed by atoms with Gasteiger partial charge in [-0.1, -0.05) is 24.6 Å². The van der Waals surface area contributed by atoms with Crippen molar-refractivity contribution in [2.75, 3.05) is 5.32 Å². The number of rotatable bonds is 3. The summed E-state index contributed by atoms with van der Waals surface area (Å²) in [5.74, 6) is -1.44. The monoisotopic (exact) mass is 288 g/mol. The van der Waals surface area contributed by atoms with Crippen molar-refractivity contribution in [3.8, 4) is 0 Å². The maximum atomic E-state index is 12.5. The van der Waals surface area contributed by atoms with Crippen molar-refractivity contribution in [3.63, 3.8) is 0 Å². The van der Waals surface area contributed by atoms with Crippen LogP contribution >= 0.6 is 0 Å². The van der Waals surface area contributed by atoms with E-state index in [-0.39, 0.29) is 24.0 Å². The molecule has 2 aliphatic rings. The highest BCUT2D eigenvalue weighted by Gasteiger charge is 2.56. The van der Waals surface area contributed by atoms with Gasteiger partial charge in [0.15, 0.2) is 0 Å². The van der Waals surface area contributed by atoms with Gasteiger partial charge in [0.2, 0.25) is 11.8 Å². The van der Waals surface area contributed by atoms with Crippen LogP contribution in [0, 0.1) is 24.7 Å². The molecule has 1 heterocycles. The van der Waals surface area contributed by atoms with Crippen LogP contribution in [0.25, 0.3) is 0 Å². The lowest BCUT2D eigenvalue weighted by atomic mass is 9.72. The normalized spacial score (nSPS) is 33.9. The summed E-state index contributed by atoms with van der Waals surface area (Å²) >= 11 is 0. The number of ether oxygens (including phenoxy) is 1. The molecule has 2 fully saturated rings. The Morgan fingerprint density at radius 3 is 2.57 bits per heavy atom. The highest BCUT2D eigenvalue weighted by molar-refractivity contribution is 5.96. The number of fused-ring (bicyclic) bond motifs is 1. The Balaban J connectivity index is 1.75. The topological polar surface area (TPSA) is 84.7 Å². The zero-order valence-corrected chi connectivity index (χ0v) is 12.2. The van der Waals surface area contributed by atoms with Crippen LogP contribution in [0.5, 0.6) is 0 Å². The summed E-state index contributed by atoms with van der Waals surface area (Å²) in [6, 6.07) is 7.58. The minimum atomic E-state index is -0.459. The summed E-state index contributed by atoms with van der Waals surface area (Å²) in [7, 11) is 0. The number of nitrogens with two attached hydrogens (primary N) is 1. The number of carbonyl (C=O) groups is 2. The molecular weight excluding hydrogens is 268 g/mol. The summed E-state index contributed by atoms with van der Waals surface area (Å²) in [6.45, 7) is 3.92.